The molecule has 0 radical (unpaired) electrons. The maximum absolute atomic E-state index is 14.6. The average molecular weight is 657 g/mol. The first-order valence-corrected chi connectivity index (χ1v) is 14.5. The van der Waals surface area contributed by atoms with Gasteiger partial charge in [-0.3, -0.25) is 9.59 Å². The Balaban J connectivity index is 1.55. The fourth-order valence-corrected chi connectivity index (χ4v) is 5.12. The van der Waals surface area contributed by atoms with E-state index in [1.807, 2.05) is 62.3 Å². The number of alkyl halides is 6. The third-order valence-corrected chi connectivity index (χ3v) is 7.82. The zero-order valence-electron chi connectivity index (χ0n) is 26.1. The number of nitrogens with one attached hydrogen (secondary N) is 2. The van der Waals surface area contributed by atoms with Gasteiger partial charge in [0.2, 0.25) is 5.41 Å². The first kappa shape index (κ1) is 34.9. The molecule has 4 aromatic rings. The van der Waals surface area contributed by atoms with E-state index in [9.17, 15) is 35.9 Å². The minimum absolute atomic E-state index is 0.103. The zero-order chi connectivity index (χ0) is 34.6. The summed E-state index contributed by atoms with van der Waals surface area (Å²) in [5, 5.41) is 5.24. The van der Waals surface area contributed by atoms with Crippen molar-refractivity contribution in [2.45, 2.75) is 30.9 Å². The van der Waals surface area contributed by atoms with Crippen LogP contribution in [-0.4, -0.2) is 52.4 Å². The van der Waals surface area contributed by atoms with Crippen molar-refractivity contribution in [3.8, 4) is 0 Å². The molecule has 6 nitrogen and oxygen atoms in total. The average Bonchev–Trinajstić information content (AvgIpc) is 3.02. The lowest BCUT2D eigenvalue weighted by atomic mass is 9.72. The molecule has 4 aromatic carbocycles. The van der Waals surface area contributed by atoms with Gasteiger partial charge in [-0.15, -0.1) is 0 Å². The van der Waals surface area contributed by atoms with Crippen LogP contribution >= 0.6 is 0 Å². The molecule has 4 rings (SSSR count). The van der Waals surface area contributed by atoms with Gasteiger partial charge in [0, 0.05) is 63.8 Å². The van der Waals surface area contributed by atoms with Gasteiger partial charge in [-0.2, -0.15) is 26.3 Å². The Bertz CT molecular complexity index is 1540. The molecule has 0 aliphatic carbocycles. The molecule has 0 saturated carbocycles. The summed E-state index contributed by atoms with van der Waals surface area (Å²) in [7, 11) is 7.48. The lowest BCUT2D eigenvalue weighted by Gasteiger charge is -2.38. The van der Waals surface area contributed by atoms with E-state index in [0.29, 0.717) is 24.3 Å². The van der Waals surface area contributed by atoms with E-state index in [0.717, 1.165) is 46.8 Å². The summed E-state index contributed by atoms with van der Waals surface area (Å²) < 4.78 is 87.9. The van der Waals surface area contributed by atoms with Gasteiger partial charge in [0.15, 0.2) is 0 Å². The fourth-order valence-electron chi connectivity index (χ4n) is 5.12. The number of hydrogen-bond donors (Lipinski definition) is 2. The minimum atomic E-state index is -5.82. The summed E-state index contributed by atoms with van der Waals surface area (Å²) in [6, 6.07) is 20.9. The van der Waals surface area contributed by atoms with Crippen molar-refractivity contribution in [1.82, 2.24) is 10.6 Å². The molecule has 2 N–H and O–H groups in total. The van der Waals surface area contributed by atoms with E-state index in [4.69, 9.17) is 0 Å². The Morgan fingerprint density at radius 1 is 0.511 bits per heavy atom. The van der Waals surface area contributed by atoms with Gasteiger partial charge in [-0.05, 0) is 70.8 Å². The molecule has 0 fully saturated rings. The molecule has 0 aliphatic heterocycles. The van der Waals surface area contributed by atoms with Gasteiger partial charge in [-0.1, -0.05) is 48.5 Å². The van der Waals surface area contributed by atoms with Gasteiger partial charge in [-0.25, -0.2) is 0 Å². The van der Waals surface area contributed by atoms with Crippen LogP contribution in [-0.2, 0) is 18.5 Å². The van der Waals surface area contributed by atoms with Gasteiger partial charge in [0.25, 0.3) is 11.8 Å². The topological polar surface area (TPSA) is 64.7 Å². The SMILES string of the molecule is CN(C)c1ccc(CNC(=O)c2ccc(C(c3ccc(C(=O)NCc4ccc(N(C)C)cc4)cc3)(C(F)(F)F)C(F)(F)F)cc2)cc1. The summed E-state index contributed by atoms with van der Waals surface area (Å²) in [5.74, 6) is -1.33. The number of hydrogen-bond acceptors (Lipinski definition) is 4. The highest BCUT2D eigenvalue weighted by atomic mass is 19.4. The second kappa shape index (κ2) is 13.8. The third kappa shape index (κ3) is 7.53. The normalized spacial score (nSPS) is 12.0. The summed E-state index contributed by atoms with van der Waals surface area (Å²) >= 11 is 0. The number of anilines is 2. The fraction of sp³-hybridized carbons (Fsp3) is 0.257. The van der Waals surface area contributed by atoms with E-state index in [1.165, 1.54) is 0 Å². The highest BCUT2D eigenvalue weighted by molar-refractivity contribution is 5.94. The number of halogens is 6. The summed E-state index contributed by atoms with van der Waals surface area (Å²) in [6.45, 7) is 0.206. The van der Waals surface area contributed by atoms with Gasteiger partial charge < -0.3 is 20.4 Å². The van der Waals surface area contributed by atoms with Crippen LogP contribution in [0, 0.1) is 0 Å². The van der Waals surface area contributed by atoms with Crippen LogP contribution in [0.2, 0.25) is 0 Å². The van der Waals surface area contributed by atoms with Crippen molar-refractivity contribution in [3.05, 3.63) is 130 Å². The Morgan fingerprint density at radius 3 is 1.06 bits per heavy atom. The summed E-state index contributed by atoms with van der Waals surface area (Å²) in [5.41, 5.74) is -3.50. The van der Waals surface area contributed by atoms with Crippen LogP contribution in [0.3, 0.4) is 0 Å². The van der Waals surface area contributed by atoms with Crippen LogP contribution in [0.5, 0.6) is 0 Å². The first-order chi connectivity index (χ1) is 22.0. The second-order valence-electron chi connectivity index (χ2n) is 11.4. The van der Waals surface area contributed by atoms with Crippen molar-refractivity contribution in [3.63, 3.8) is 0 Å². The molecule has 0 aliphatic rings. The van der Waals surface area contributed by atoms with E-state index in [1.54, 1.807) is 24.3 Å². The van der Waals surface area contributed by atoms with Crippen molar-refractivity contribution < 1.29 is 35.9 Å². The zero-order valence-corrected chi connectivity index (χ0v) is 26.1. The van der Waals surface area contributed by atoms with Crippen molar-refractivity contribution in [2.75, 3.05) is 38.0 Å². The standard InChI is InChI=1S/C35H34F6N4O2/c1-44(2)29-17-5-23(6-18-29)21-42-31(46)25-9-13-27(14-10-25)33(34(36,37)38,35(39,40)41)28-15-11-26(12-16-28)32(47)43-22-24-7-19-30(20-8-24)45(3)4/h5-20H,21-22H2,1-4H3,(H,42,46)(H,43,47). The number of amides is 2. The Kier molecular flexibility index (Phi) is 10.2. The molecular weight excluding hydrogens is 622 g/mol. The number of benzene rings is 4. The Hall–Kier alpha value is -5.00. The molecule has 248 valence electrons. The van der Waals surface area contributed by atoms with Crippen LogP contribution < -0.4 is 20.4 Å². The summed E-state index contributed by atoms with van der Waals surface area (Å²) in [4.78, 5) is 29.2. The number of nitrogens with zero attached hydrogens (tertiary/aromatic N) is 2. The molecule has 0 aromatic heterocycles. The maximum atomic E-state index is 14.6. The van der Waals surface area contributed by atoms with Crippen molar-refractivity contribution in [1.29, 1.82) is 0 Å². The van der Waals surface area contributed by atoms with E-state index in [-0.39, 0.29) is 24.2 Å². The highest BCUT2D eigenvalue weighted by Crippen LogP contribution is 2.56. The molecule has 2 amide bonds. The smallest absolute Gasteiger partial charge is 0.378 e. The minimum Gasteiger partial charge on any atom is -0.378 e. The van der Waals surface area contributed by atoms with Gasteiger partial charge >= 0.3 is 12.4 Å². The van der Waals surface area contributed by atoms with Crippen molar-refractivity contribution in [2.24, 2.45) is 0 Å². The lowest BCUT2D eigenvalue weighted by molar-refractivity contribution is -0.288. The maximum Gasteiger partial charge on any atom is 0.411 e. The number of rotatable bonds is 10. The van der Waals surface area contributed by atoms with Crippen LogP contribution in [0.25, 0.3) is 0 Å². The van der Waals surface area contributed by atoms with E-state index < -0.39 is 40.7 Å². The third-order valence-electron chi connectivity index (χ3n) is 7.82. The molecule has 0 bridgehead atoms. The van der Waals surface area contributed by atoms with E-state index in [2.05, 4.69) is 10.6 Å². The van der Waals surface area contributed by atoms with Crippen LogP contribution in [0.15, 0.2) is 97.1 Å². The second-order valence-corrected chi connectivity index (χ2v) is 11.4. The van der Waals surface area contributed by atoms with Crippen LogP contribution in [0.4, 0.5) is 37.7 Å². The first-order valence-electron chi connectivity index (χ1n) is 14.5. The molecule has 12 heteroatoms. The van der Waals surface area contributed by atoms with Crippen LogP contribution in [0.1, 0.15) is 43.0 Å². The molecule has 0 unspecified atom stereocenters. The molecular formula is C35H34F6N4O2. The number of carbonyl (C=O) groups excluding carboxylic acids is 2. The monoisotopic (exact) mass is 656 g/mol. The predicted octanol–water partition coefficient (Wildman–Crippen LogP) is 7.09. The van der Waals surface area contributed by atoms with Crippen molar-refractivity contribution >= 4 is 23.2 Å². The highest BCUT2D eigenvalue weighted by Gasteiger charge is 2.72. The van der Waals surface area contributed by atoms with Gasteiger partial charge in [0.1, 0.15) is 0 Å². The Labute approximate surface area is 269 Å². The number of carbonyl (C=O) groups is 2. The summed E-state index contributed by atoms with van der Waals surface area (Å²) in [6.07, 6.45) is -11.6. The quantitative estimate of drug-likeness (QED) is 0.179. The molecule has 0 atom stereocenters. The predicted molar refractivity (Wildman–Crippen MR) is 170 cm³/mol. The molecule has 0 heterocycles. The molecule has 0 saturated heterocycles. The van der Waals surface area contributed by atoms with E-state index >= 15 is 0 Å². The molecule has 0 spiro atoms. The largest absolute Gasteiger partial charge is 0.411 e. The molecule has 47 heavy (non-hydrogen) atoms. The lowest BCUT2D eigenvalue weighted by Crippen LogP contribution is -2.54. The Morgan fingerprint density at radius 2 is 0.809 bits per heavy atom. The van der Waals surface area contributed by atoms with Gasteiger partial charge in [0.05, 0.1) is 0 Å².